The van der Waals surface area contributed by atoms with Crippen LogP contribution in [0.1, 0.15) is 18.4 Å². The molecule has 106 valence electrons. The Balaban J connectivity index is 1.73. The summed E-state index contributed by atoms with van der Waals surface area (Å²) in [5.41, 5.74) is 1.91. The van der Waals surface area contributed by atoms with E-state index in [1.165, 1.54) is 0 Å². The Morgan fingerprint density at radius 2 is 2.19 bits per heavy atom. The van der Waals surface area contributed by atoms with Gasteiger partial charge in [0.25, 0.3) is 0 Å². The Bertz CT molecular complexity index is 728. The number of benzene rings is 1. The molecule has 2 saturated heterocycles. The van der Waals surface area contributed by atoms with Crippen molar-refractivity contribution in [3.05, 3.63) is 35.9 Å². The molecule has 2 aliphatic heterocycles. The second-order valence-corrected chi connectivity index (χ2v) is 6.13. The van der Waals surface area contributed by atoms with Crippen LogP contribution in [0.4, 0.5) is 5.82 Å². The highest BCUT2D eigenvalue weighted by molar-refractivity contribution is 5.86. The van der Waals surface area contributed by atoms with Gasteiger partial charge in [-0.1, -0.05) is 18.2 Å². The van der Waals surface area contributed by atoms with E-state index in [1.807, 2.05) is 30.3 Å². The number of para-hydroxylation sites is 1. The lowest BCUT2D eigenvalue weighted by atomic mass is 9.87. The highest BCUT2D eigenvalue weighted by Gasteiger charge is 2.41. The van der Waals surface area contributed by atoms with Crippen LogP contribution in [0.25, 0.3) is 10.9 Å². The van der Waals surface area contributed by atoms with Crippen LogP contribution in [0, 0.1) is 16.7 Å². The molecule has 2 fully saturated rings. The van der Waals surface area contributed by atoms with Crippen molar-refractivity contribution >= 4 is 16.7 Å². The van der Waals surface area contributed by atoms with Crippen molar-refractivity contribution in [1.29, 1.82) is 5.26 Å². The third-order valence-electron chi connectivity index (χ3n) is 4.77. The zero-order chi connectivity index (χ0) is 14.3. The minimum Gasteiger partial charge on any atom is -0.381 e. The predicted octanol–water partition coefficient (Wildman–Crippen LogP) is 2.72. The van der Waals surface area contributed by atoms with E-state index in [0.29, 0.717) is 11.0 Å². The van der Waals surface area contributed by atoms with Gasteiger partial charge >= 0.3 is 0 Å². The SMILES string of the molecule is N#Cc1cc(N2CCC3(CCOC3)C2)nc2ccccc12. The average molecular weight is 279 g/mol. The standard InChI is InChI=1S/C17H17N3O/c18-10-13-9-16(19-15-4-2-1-3-14(13)15)20-7-5-17(11-20)6-8-21-12-17/h1-4,9H,5-8,11-12H2. The largest absolute Gasteiger partial charge is 0.381 e. The summed E-state index contributed by atoms with van der Waals surface area (Å²) in [4.78, 5) is 7.06. The molecule has 0 radical (unpaired) electrons. The number of rotatable bonds is 1. The van der Waals surface area contributed by atoms with Crippen molar-refractivity contribution < 1.29 is 4.74 Å². The molecule has 0 saturated carbocycles. The molecule has 3 heterocycles. The van der Waals surface area contributed by atoms with Gasteiger partial charge in [0.2, 0.25) is 0 Å². The van der Waals surface area contributed by atoms with E-state index in [9.17, 15) is 5.26 Å². The normalized spacial score (nSPS) is 24.8. The number of fused-ring (bicyclic) bond motifs is 1. The third-order valence-corrected chi connectivity index (χ3v) is 4.77. The van der Waals surface area contributed by atoms with Gasteiger partial charge in [0.05, 0.1) is 23.8 Å². The molecule has 2 aliphatic rings. The maximum absolute atomic E-state index is 9.39. The van der Waals surface area contributed by atoms with Crippen LogP contribution in [0.2, 0.25) is 0 Å². The molecule has 1 atom stereocenters. The molecule has 1 spiro atoms. The first-order valence-electron chi connectivity index (χ1n) is 7.42. The van der Waals surface area contributed by atoms with Crippen LogP contribution in [0.15, 0.2) is 30.3 Å². The summed E-state index contributed by atoms with van der Waals surface area (Å²) in [6.07, 6.45) is 2.30. The summed E-state index contributed by atoms with van der Waals surface area (Å²) in [6, 6.07) is 12.1. The number of nitrogens with zero attached hydrogens (tertiary/aromatic N) is 3. The second kappa shape index (κ2) is 4.71. The minimum absolute atomic E-state index is 0.306. The highest BCUT2D eigenvalue weighted by atomic mass is 16.5. The number of hydrogen-bond donors (Lipinski definition) is 0. The van der Waals surface area contributed by atoms with Crippen molar-refractivity contribution in [3.8, 4) is 6.07 Å². The van der Waals surface area contributed by atoms with E-state index >= 15 is 0 Å². The zero-order valence-electron chi connectivity index (χ0n) is 11.9. The van der Waals surface area contributed by atoms with Gasteiger partial charge in [0, 0.05) is 30.5 Å². The molecular weight excluding hydrogens is 262 g/mol. The van der Waals surface area contributed by atoms with Crippen molar-refractivity contribution in [2.45, 2.75) is 12.8 Å². The third kappa shape index (κ3) is 2.05. The minimum atomic E-state index is 0.306. The van der Waals surface area contributed by atoms with Gasteiger partial charge < -0.3 is 9.64 Å². The summed E-state index contributed by atoms with van der Waals surface area (Å²) in [6.45, 7) is 3.73. The van der Waals surface area contributed by atoms with E-state index in [-0.39, 0.29) is 0 Å². The van der Waals surface area contributed by atoms with E-state index in [4.69, 9.17) is 9.72 Å². The second-order valence-electron chi connectivity index (χ2n) is 6.13. The van der Waals surface area contributed by atoms with Crippen LogP contribution >= 0.6 is 0 Å². The van der Waals surface area contributed by atoms with Gasteiger partial charge in [0.15, 0.2) is 0 Å². The van der Waals surface area contributed by atoms with Gasteiger partial charge in [-0.3, -0.25) is 0 Å². The molecule has 1 aromatic carbocycles. The van der Waals surface area contributed by atoms with Crippen molar-refractivity contribution in [3.63, 3.8) is 0 Å². The lowest BCUT2D eigenvalue weighted by Gasteiger charge is -2.23. The number of hydrogen-bond acceptors (Lipinski definition) is 4. The molecule has 0 amide bonds. The summed E-state index contributed by atoms with van der Waals surface area (Å²) < 4.78 is 5.58. The topological polar surface area (TPSA) is 49.2 Å². The van der Waals surface area contributed by atoms with Crippen LogP contribution in [-0.4, -0.2) is 31.3 Å². The first-order chi connectivity index (χ1) is 10.3. The molecule has 0 aliphatic carbocycles. The molecule has 21 heavy (non-hydrogen) atoms. The number of pyridine rings is 1. The number of anilines is 1. The maximum atomic E-state index is 9.39. The Labute approximate surface area is 124 Å². The Hall–Kier alpha value is -2.12. The lowest BCUT2D eigenvalue weighted by Crippen LogP contribution is -2.28. The summed E-state index contributed by atoms with van der Waals surface area (Å²) >= 11 is 0. The molecule has 1 aromatic heterocycles. The van der Waals surface area contributed by atoms with Crippen molar-refractivity contribution in [1.82, 2.24) is 4.98 Å². The maximum Gasteiger partial charge on any atom is 0.130 e. The fraction of sp³-hybridized carbons (Fsp3) is 0.412. The molecule has 0 bridgehead atoms. The molecule has 2 aromatic rings. The monoisotopic (exact) mass is 279 g/mol. The van der Waals surface area contributed by atoms with Crippen LogP contribution in [0.3, 0.4) is 0 Å². The lowest BCUT2D eigenvalue weighted by molar-refractivity contribution is 0.160. The smallest absolute Gasteiger partial charge is 0.130 e. The molecule has 1 unspecified atom stereocenters. The number of ether oxygens (including phenoxy) is 1. The molecule has 4 rings (SSSR count). The quantitative estimate of drug-likeness (QED) is 0.805. The van der Waals surface area contributed by atoms with Gasteiger partial charge in [0.1, 0.15) is 5.82 Å². The summed E-state index contributed by atoms with van der Waals surface area (Å²) in [5.74, 6) is 0.925. The first-order valence-corrected chi connectivity index (χ1v) is 7.42. The highest BCUT2D eigenvalue weighted by Crippen LogP contribution is 2.40. The van der Waals surface area contributed by atoms with Crippen molar-refractivity contribution in [2.24, 2.45) is 5.41 Å². The van der Waals surface area contributed by atoms with Crippen LogP contribution in [0.5, 0.6) is 0 Å². The van der Waals surface area contributed by atoms with Gasteiger partial charge in [-0.15, -0.1) is 0 Å². The first kappa shape index (κ1) is 12.6. The van der Waals surface area contributed by atoms with E-state index in [2.05, 4.69) is 11.0 Å². The average Bonchev–Trinajstić information content (AvgIpc) is 3.17. The Morgan fingerprint density at radius 3 is 3.00 bits per heavy atom. The van der Waals surface area contributed by atoms with Crippen LogP contribution < -0.4 is 4.90 Å². The molecule has 4 heteroatoms. The van der Waals surface area contributed by atoms with Gasteiger partial charge in [-0.05, 0) is 25.0 Å². The van der Waals surface area contributed by atoms with E-state index in [1.54, 1.807) is 0 Å². The van der Waals surface area contributed by atoms with E-state index in [0.717, 1.165) is 55.9 Å². The molecule has 4 nitrogen and oxygen atoms in total. The number of aromatic nitrogens is 1. The Kier molecular flexibility index (Phi) is 2.83. The van der Waals surface area contributed by atoms with Gasteiger partial charge in [-0.2, -0.15) is 5.26 Å². The Morgan fingerprint density at radius 1 is 1.29 bits per heavy atom. The molecule has 0 N–H and O–H groups in total. The summed E-state index contributed by atoms with van der Waals surface area (Å²) in [7, 11) is 0. The predicted molar refractivity (Wildman–Crippen MR) is 81.2 cm³/mol. The summed E-state index contributed by atoms with van der Waals surface area (Å²) in [5, 5.41) is 10.3. The zero-order valence-corrected chi connectivity index (χ0v) is 11.9. The van der Waals surface area contributed by atoms with Crippen molar-refractivity contribution in [2.75, 3.05) is 31.2 Å². The fourth-order valence-corrected chi connectivity index (χ4v) is 3.52. The van der Waals surface area contributed by atoms with Crippen LogP contribution in [-0.2, 0) is 4.74 Å². The fourth-order valence-electron chi connectivity index (χ4n) is 3.52. The number of nitriles is 1. The molecular formula is C17H17N3O. The van der Waals surface area contributed by atoms with Gasteiger partial charge in [-0.25, -0.2) is 4.98 Å². The van der Waals surface area contributed by atoms with E-state index < -0.39 is 0 Å².